The molecule has 1 aromatic heterocycles. The third-order valence-corrected chi connectivity index (χ3v) is 5.54. The van der Waals surface area contributed by atoms with Gasteiger partial charge in [0.05, 0.1) is 12.5 Å². The number of anilines is 1. The lowest BCUT2D eigenvalue weighted by atomic mass is 10.2. The molecule has 0 aliphatic heterocycles. The average Bonchev–Trinajstić information content (AvgIpc) is 3.11. The van der Waals surface area contributed by atoms with Crippen LogP contribution in [0.3, 0.4) is 0 Å². The SMILES string of the molecule is Cl.Cn1c(CC(=O)Nc2cc(Cl)cc(Cl)c2)csc1=NC1CCCC1. The number of nitrogens with zero attached hydrogens (tertiary/aromatic N) is 2. The van der Waals surface area contributed by atoms with E-state index in [-0.39, 0.29) is 24.7 Å². The zero-order valence-corrected chi connectivity index (χ0v) is 16.9. The molecular weight excluding hydrogens is 401 g/mol. The number of halogens is 3. The van der Waals surface area contributed by atoms with Crippen LogP contribution in [0.2, 0.25) is 10.0 Å². The Hall–Kier alpha value is -1.01. The average molecular weight is 421 g/mol. The molecular formula is C17H20Cl3N3OS. The predicted molar refractivity (Wildman–Crippen MR) is 107 cm³/mol. The van der Waals surface area contributed by atoms with Crippen molar-refractivity contribution in [2.24, 2.45) is 12.0 Å². The minimum Gasteiger partial charge on any atom is -0.326 e. The highest BCUT2D eigenvalue weighted by atomic mass is 35.5. The number of rotatable bonds is 4. The van der Waals surface area contributed by atoms with Crippen LogP contribution < -0.4 is 10.1 Å². The molecule has 8 heteroatoms. The Morgan fingerprint density at radius 1 is 1.28 bits per heavy atom. The van der Waals surface area contributed by atoms with E-state index < -0.39 is 0 Å². The van der Waals surface area contributed by atoms with Gasteiger partial charge in [-0.05, 0) is 31.0 Å². The second-order valence-electron chi connectivity index (χ2n) is 6.02. The van der Waals surface area contributed by atoms with Gasteiger partial charge in [-0.25, -0.2) is 0 Å². The van der Waals surface area contributed by atoms with Crippen LogP contribution in [0.5, 0.6) is 0 Å². The fourth-order valence-electron chi connectivity index (χ4n) is 2.86. The molecule has 0 spiro atoms. The number of carbonyl (C=O) groups excluding carboxylic acids is 1. The molecule has 1 aliphatic carbocycles. The monoisotopic (exact) mass is 419 g/mol. The zero-order valence-electron chi connectivity index (χ0n) is 13.8. The largest absolute Gasteiger partial charge is 0.326 e. The van der Waals surface area contributed by atoms with Crippen molar-refractivity contribution in [2.45, 2.75) is 38.1 Å². The van der Waals surface area contributed by atoms with Crippen molar-refractivity contribution in [1.82, 2.24) is 4.57 Å². The van der Waals surface area contributed by atoms with Crippen LogP contribution in [0.25, 0.3) is 0 Å². The maximum Gasteiger partial charge on any atom is 0.230 e. The van der Waals surface area contributed by atoms with Crippen LogP contribution in [-0.4, -0.2) is 16.5 Å². The van der Waals surface area contributed by atoms with E-state index in [1.165, 1.54) is 25.7 Å². The number of amides is 1. The van der Waals surface area contributed by atoms with Crippen molar-refractivity contribution in [1.29, 1.82) is 0 Å². The van der Waals surface area contributed by atoms with Gasteiger partial charge in [0.1, 0.15) is 0 Å². The van der Waals surface area contributed by atoms with Crippen LogP contribution in [0, 0.1) is 0 Å². The summed E-state index contributed by atoms with van der Waals surface area (Å²) < 4.78 is 2.01. The fourth-order valence-corrected chi connectivity index (χ4v) is 4.36. The van der Waals surface area contributed by atoms with Gasteiger partial charge < -0.3 is 9.88 Å². The van der Waals surface area contributed by atoms with Gasteiger partial charge in [0.25, 0.3) is 0 Å². The van der Waals surface area contributed by atoms with Crippen LogP contribution in [-0.2, 0) is 18.3 Å². The second kappa shape index (κ2) is 9.08. The molecule has 2 aromatic rings. The van der Waals surface area contributed by atoms with Gasteiger partial charge in [-0.1, -0.05) is 36.0 Å². The van der Waals surface area contributed by atoms with E-state index in [1.54, 1.807) is 29.5 Å². The first-order valence-corrected chi connectivity index (χ1v) is 9.58. The van der Waals surface area contributed by atoms with Gasteiger partial charge in [0.15, 0.2) is 4.80 Å². The molecule has 4 nitrogen and oxygen atoms in total. The summed E-state index contributed by atoms with van der Waals surface area (Å²) in [6.45, 7) is 0. The quantitative estimate of drug-likeness (QED) is 0.756. The highest BCUT2D eigenvalue weighted by Crippen LogP contribution is 2.23. The molecule has 3 rings (SSSR count). The lowest BCUT2D eigenvalue weighted by molar-refractivity contribution is -0.115. The summed E-state index contributed by atoms with van der Waals surface area (Å²) in [6, 6.07) is 5.43. The number of nitrogens with one attached hydrogen (secondary N) is 1. The predicted octanol–water partition coefficient (Wildman–Crippen LogP) is 4.84. The molecule has 136 valence electrons. The molecule has 0 atom stereocenters. The number of aromatic nitrogens is 1. The van der Waals surface area contributed by atoms with Gasteiger partial charge in [0.2, 0.25) is 5.91 Å². The minimum atomic E-state index is -0.103. The number of hydrogen-bond donors (Lipinski definition) is 1. The molecule has 1 aliphatic rings. The van der Waals surface area contributed by atoms with E-state index in [0.717, 1.165) is 10.5 Å². The molecule has 25 heavy (non-hydrogen) atoms. The van der Waals surface area contributed by atoms with E-state index in [1.807, 2.05) is 17.0 Å². The highest BCUT2D eigenvalue weighted by Gasteiger charge is 2.14. The maximum absolute atomic E-state index is 12.3. The van der Waals surface area contributed by atoms with Gasteiger partial charge in [-0.2, -0.15) is 0 Å². The summed E-state index contributed by atoms with van der Waals surface area (Å²) in [5.74, 6) is -0.103. The molecule has 0 bridgehead atoms. The van der Waals surface area contributed by atoms with Gasteiger partial charge in [-0.3, -0.25) is 9.79 Å². The maximum atomic E-state index is 12.3. The molecule has 1 fully saturated rings. The summed E-state index contributed by atoms with van der Waals surface area (Å²) in [4.78, 5) is 18.1. The summed E-state index contributed by atoms with van der Waals surface area (Å²) in [7, 11) is 1.96. The van der Waals surface area contributed by atoms with Crippen molar-refractivity contribution in [3.63, 3.8) is 0 Å². The fraction of sp³-hybridized carbons (Fsp3) is 0.412. The van der Waals surface area contributed by atoms with Crippen LogP contribution in [0.15, 0.2) is 28.6 Å². The van der Waals surface area contributed by atoms with Crippen LogP contribution >= 0.6 is 46.9 Å². The molecule has 0 radical (unpaired) electrons. The van der Waals surface area contributed by atoms with E-state index in [0.29, 0.717) is 21.8 Å². The standard InChI is InChI=1S/C17H19Cl2N3OS.ClH/c1-22-15(10-24-17(22)21-13-4-2-3-5-13)9-16(23)20-14-7-11(18)6-12(19)8-14;/h6-8,10,13H,2-5,9H2,1H3,(H,20,23);1H. The summed E-state index contributed by atoms with van der Waals surface area (Å²) in [5.41, 5.74) is 1.55. The van der Waals surface area contributed by atoms with Crippen molar-refractivity contribution >= 4 is 58.5 Å². The molecule has 1 aromatic carbocycles. The molecule has 0 unspecified atom stereocenters. The zero-order chi connectivity index (χ0) is 17.1. The summed E-state index contributed by atoms with van der Waals surface area (Å²) >= 11 is 13.5. The Balaban J connectivity index is 0.00000225. The normalized spacial score (nSPS) is 15.2. The van der Waals surface area contributed by atoms with Gasteiger partial charge in [-0.15, -0.1) is 23.7 Å². The smallest absolute Gasteiger partial charge is 0.230 e. The third-order valence-electron chi connectivity index (χ3n) is 4.12. The first kappa shape index (κ1) is 20.3. The first-order chi connectivity index (χ1) is 11.5. The summed E-state index contributed by atoms with van der Waals surface area (Å²) in [6.07, 6.45) is 5.16. The van der Waals surface area contributed by atoms with Crippen molar-refractivity contribution in [2.75, 3.05) is 5.32 Å². The second-order valence-corrected chi connectivity index (χ2v) is 7.73. The number of benzene rings is 1. The Kier molecular flexibility index (Phi) is 7.37. The van der Waals surface area contributed by atoms with Crippen molar-refractivity contribution < 1.29 is 4.79 Å². The molecule has 0 saturated heterocycles. The van der Waals surface area contributed by atoms with E-state index in [2.05, 4.69) is 5.32 Å². The van der Waals surface area contributed by atoms with Gasteiger partial charge in [0, 0.05) is 33.9 Å². The van der Waals surface area contributed by atoms with E-state index in [9.17, 15) is 4.79 Å². The minimum absolute atomic E-state index is 0. The Morgan fingerprint density at radius 3 is 2.56 bits per heavy atom. The molecule has 1 heterocycles. The lowest BCUT2D eigenvalue weighted by Crippen LogP contribution is -2.20. The Bertz CT molecular complexity index is 789. The third kappa shape index (κ3) is 5.48. The highest BCUT2D eigenvalue weighted by molar-refractivity contribution is 7.07. The number of carbonyl (C=O) groups is 1. The van der Waals surface area contributed by atoms with E-state index in [4.69, 9.17) is 28.2 Å². The number of hydrogen-bond acceptors (Lipinski definition) is 3. The van der Waals surface area contributed by atoms with Crippen LogP contribution in [0.4, 0.5) is 5.69 Å². The van der Waals surface area contributed by atoms with Crippen molar-refractivity contribution in [3.05, 3.63) is 44.1 Å². The molecule has 1 saturated carbocycles. The Labute approximate surface area is 167 Å². The topological polar surface area (TPSA) is 46.4 Å². The van der Waals surface area contributed by atoms with E-state index >= 15 is 0 Å². The Morgan fingerprint density at radius 2 is 1.92 bits per heavy atom. The lowest BCUT2D eigenvalue weighted by Gasteiger charge is -2.07. The molecule has 1 N–H and O–H groups in total. The van der Waals surface area contributed by atoms with Gasteiger partial charge >= 0.3 is 0 Å². The molecule has 1 amide bonds. The van der Waals surface area contributed by atoms with Crippen molar-refractivity contribution in [3.8, 4) is 0 Å². The van der Waals surface area contributed by atoms with Crippen LogP contribution in [0.1, 0.15) is 31.4 Å². The first-order valence-electron chi connectivity index (χ1n) is 7.94. The number of thiazole rings is 1. The summed E-state index contributed by atoms with van der Waals surface area (Å²) in [5, 5.41) is 5.83.